The summed E-state index contributed by atoms with van der Waals surface area (Å²) in [4.78, 5) is 10.9. The van der Waals surface area contributed by atoms with E-state index < -0.39 is 0 Å². The van der Waals surface area contributed by atoms with Gasteiger partial charge in [0.05, 0.1) is 12.5 Å². The molecule has 1 heterocycles. The average molecular weight is 197 g/mol. The summed E-state index contributed by atoms with van der Waals surface area (Å²) in [5, 5.41) is -0.311. The first-order valence-corrected chi connectivity index (χ1v) is 4.55. The number of hydrogen-bond donors (Lipinski definition) is 0. The van der Waals surface area contributed by atoms with Gasteiger partial charge in [-0.15, -0.1) is 0 Å². The summed E-state index contributed by atoms with van der Waals surface area (Å²) in [6.45, 7) is 0.402. The fourth-order valence-corrected chi connectivity index (χ4v) is 1.61. The van der Waals surface area contributed by atoms with Crippen LogP contribution in [-0.2, 0) is 11.2 Å². The molecule has 0 spiro atoms. The molecule has 0 fully saturated rings. The van der Waals surface area contributed by atoms with Gasteiger partial charge in [0.2, 0.25) is 5.24 Å². The third-order valence-electron chi connectivity index (χ3n) is 2.20. The standard InChI is InChI=1S/C10H9ClO2/c11-10(12)8-5-7-3-1-2-4-9(7)13-6-8/h1-4,8H,5-6H2. The number of fused-ring (bicyclic) bond motifs is 1. The highest BCUT2D eigenvalue weighted by atomic mass is 35.5. The predicted octanol–water partition coefficient (Wildman–Crippen LogP) is 2.00. The average Bonchev–Trinajstić information content (AvgIpc) is 2.17. The SMILES string of the molecule is O=C(Cl)C1COc2ccccc2C1. The summed E-state index contributed by atoms with van der Waals surface area (Å²) in [5.41, 5.74) is 1.06. The molecule has 13 heavy (non-hydrogen) atoms. The van der Waals surface area contributed by atoms with Crippen molar-refractivity contribution >= 4 is 16.8 Å². The van der Waals surface area contributed by atoms with Crippen LogP contribution < -0.4 is 4.74 Å². The van der Waals surface area contributed by atoms with Crippen LogP contribution in [0.4, 0.5) is 0 Å². The molecule has 0 bridgehead atoms. The van der Waals surface area contributed by atoms with Crippen molar-refractivity contribution in [1.29, 1.82) is 0 Å². The van der Waals surface area contributed by atoms with E-state index in [1.165, 1.54) is 0 Å². The number of rotatable bonds is 1. The summed E-state index contributed by atoms with van der Waals surface area (Å²) < 4.78 is 5.39. The molecule has 1 aliphatic rings. The van der Waals surface area contributed by atoms with E-state index in [9.17, 15) is 4.79 Å². The maximum absolute atomic E-state index is 10.9. The van der Waals surface area contributed by atoms with Gasteiger partial charge in [-0.25, -0.2) is 0 Å². The zero-order chi connectivity index (χ0) is 9.26. The zero-order valence-electron chi connectivity index (χ0n) is 7.00. The largest absolute Gasteiger partial charge is 0.492 e. The Kier molecular flexibility index (Phi) is 2.23. The maximum Gasteiger partial charge on any atom is 0.228 e. The summed E-state index contributed by atoms with van der Waals surface area (Å²) in [7, 11) is 0. The van der Waals surface area contributed by atoms with Gasteiger partial charge in [-0.3, -0.25) is 4.79 Å². The number of benzene rings is 1. The van der Waals surface area contributed by atoms with E-state index in [0.717, 1.165) is 11.3 Å². The monoisotopic (exact) mass is 196 g/mol. The highest BCUT2D eigenvalue weighted by molar-refractivity contribution is 6.64. The summed E-state index contributed by atoms with van der Waals surface area (Å²) in [6, 6.07) is 7.72. The van der Waals surface area contributed by atoms with Crippen molar-refractivity contribution in [2.45, 2.75) is 6.42 Å². The van der Waals surface area contributed by atoms with Gasteiger partial charge in [0.1, 0.15) is 5.75 Å². The number of para-hydroxylation sites is 1. The molecule has 1 aromatic carbocycles. The van der Waals surface area contributed by atoms with Crippen molar-refractivity contribution in [3.8, 4) is 5.75 Å². The summed E-state index contributed by atoms with van der Waals surface area (Å²) in [5.74, 6) is 0.688. The minimum atomic E-state index is -0.311. The third-order valence-corrected chi connectivity index (χ3v) is 2.51. The molecular weight excluding hydrogens is 188 g/mol. The first-order chi connectivity index (χ1) is 6.27. The number of hydrogen-bond acceptors (Lipinski definition) is 2. The van der Waals surface area contributed by atoms with E-state index >= 15 is 0 Å². The molecule has 3 heteroatoms. The van der Waals surface area contributed by atoms with Gasteiger partial charge in [0.25, 0.3) is 0 Å². The van der Waals surface area contributed by atoms with E-state index in [-0.39, 0.29) is 11.2 Å². The van der Waals surface area contributed by atoms with Gasteiger partial charge >= 0.3 is 0 Å². The van der Waals surface area contributed by atoms with Crippen LogP contribution in [0.15, 0.2) is 24.3 Å². The van der Waals surface area contributed by atoms with Crippen LogP contribution in [0, 0.1) is 5.92 Å². The van der Waals surface area contributed by atoms with E-state index in [1.807, 2.05) is 24.3 Å². The quantitative estimate of drug-likeness (QED) is 0.643. The molecule has 0 aromatic heterocycles. The second-order valence-electron chi connectivity index (χ2n) is 3.12. The van der Waals surface area contributed by atoms with Gasteiger partial charge in [-0.1, -0.05) is 18.2 Å². The Labute approximate surface area is 81.5 Å². The van der Waals surface area contributed by atoms with E-state index in [4.69, 9.17) is 16.3 Å². The van der Waals surface area contributed by atoms with Crippen LogP contribution in [0.1, 0.15) is 5.56 Å². The Morgan fingerprint density at radius 2 is 2.23 bits per heavy atom. The summed E-state index contributed by atoms with van der Waals surface area (Å²) >= 11 is 5.40. The molecule has 2 nitrogen and oxygen atoms in total. The van der Waals surface area contributed by atoms with Crippen molar-refractivity contribution in [2.75, 3.05) is 6.61 Å². The van der Waals surface area contributed by atoms with Crippen molar-refractivity contribution in [3.63, 3.8) is 0 Å². The highest BCUT2D eigenvalue weighted by Crippen LogP contribution is 2.27. The topological polar surface area (TPSA) is 26.3 Å². The molecule has 0 radical (unpaired) electrons. The molecule has 1 atom stereocenters. The first kappa shape index (κ1) is 8.57. The molecule has 68 valence electrons. The maximum atomic E-state index is 10.9. The molecule has 0 aliphatic carbocycles. The molecule has 0 N–H and O–H groups in total. The fourth-order valence-electron chi connectivity index (χ4n) is 1.47. The lowest BCUT2D eigenvalue weighted by molar-refractivity contribution is -0.116. The van der Waals surface area contributed by atoms with Crippen molar-refractivity contribution in [3.05, 3.63) is 29.8 Å². The smallest absolute Gasteiger partial charge is 0.228 e. The number of carbonyl (C=O) groups is 1. The molecule has 1 aromatic rings. The highest BCUT2D eigenvalue weighted by Gasteiger charge is 2.23. The van der Waals surface area contributed by atoms with Crippen molar-refractivity contribution in [2.24, 2.45) is 5.92 Å². The predicted molar refractivity (Wildman–Crippen MR) is 50.0 cm³/mol. The second kappa shape index (κ2) is 3.38. The molecule has 2 rings (SSSR count). The van der Waals surface area contributed by atoms with Crippen LogP contribution in [0.3, 0.4) is 0 Å². The Morgan fingerprint density at radius 1 is 1.46 bits per heavy atom. The van der Waals surface area contributed by atoms with Crippen molar-refractivity contribution in [1.82, 2.24) is 0 Å². The Bertz CT molecular complexity index is 335. The van der Waals surface area contributed by atoms with Crippen LogP contribution in [0.2, 0.25) is 0 Å². The molecule has 0 amide bonds. The van der Waals surface area contributed by atoms with Crippen LogP contribution in [0.5, 0.6) is 5.75 Å². The molecular formula is C10H9ClO2. The zero-order valence-corrected chi connectivity index (χ0v) is 7.75. The van der Waals surface area contributed by atoms with Gasteiger partial charge in [0.15, 0.2) is 0 Å². The van der Waals surface area contributed by atoms with E-state index in [1.54, 1.807) is 0 Å². The Hall–Kier alpha value is -1.02. The van der Waals surface area contributed by atoms with E-state index in [2.05, 4.69) is 0 Å². The van der Waals surface area contributed by atoms with Crippen molar-refractivity contribution < 1.29 is 9.53 Å². The Morgan fingerprint density at radius 3 is 3.00 bits per heavy atom. The molecule has 0 saturated heterocycles. The minimum absolute atomic E-state index is 0.184. The number of ether oxygens (including phenoxy) is 1. The van der Waals surface area contributed by atoms with E-state index in [0.29, 0.717) is 13.0 Å². The lowest BCUT2D eigenvalue weighted by atomic mass is 9.98. The third kappa shape index (κ3) is 1.68. The Balaban J connectivity index is 2.24. The second-order valence-corrected chi connectivity index (χ2v) is 3.50. The number of halogens is 1. The van der Waals surface area contributed by atoms with Crippen LogP contribution in [-0.4, -0.2) is 11.8 Å². The number of carbonyl (C=O) groups excluding carboxylic acids is 1. The molecule has 0 saturated carbocycles. The van der Waals surface area contributed by atoms with Crippen LogP contribution >= 0.6 is 11.6 Å². The first-order valence-electron chi connectivity index (χ1n) is 4.17. The van der Waals surface area contributed by atoms with Gasteiger partial charge < -0.3 is 4.74 Å². The normalized spacial score (nSPS) is 20.2. The van der Waals surface area contributed by atoms with Gasteiger partial charge in [0, 0.05) is 0 Å². The lowest BCUT2D eigenvalue weighted by Crippen LogP contribution is -2.25. The lowest BCUT2D eigenvalue weighted by Gasteiger charge is -2.22. The van der Waals surface area contributed by atoms with Gasteiger partial charge in [-0.2, -0.15) is 0 Å². The molecule has 1 unspecified atom stereocenters. The molecule has 1 aliphatic heterocycles. The van der Waals surface area contributed by atoms with Crippen LogP contribution in [0.25, 0.3) is 0 Å². The minimum Gasteiger partial charge on any atom is -0.492 e. The fraction of sp³-hybridized carbons (Fsp3) is 0.300. The van der Waals surface area contributed by atoms with Gasteiger partial charge in [-0.05, 0) is 29.7 Å². The summed E-state index contributed by atoms with van der Waals surface area (Å²) in [6.07, 6.45) is 0.693.